The molecule has 7 atom stereocenters. The zero-order chi connectivity index (χ0) is 28.5. The van der Waals surface area contributed by atoms with Gasteiger partial charge in [-0.05, 0) is 91.2 Å². The van der Waals surface area contributed by atoms with Gasteiger partial charge in [0.1, 0.15) is 6.10 Å². The number of carbonyl (C=O) groups excluding carboxylic acids is 2. The molecule has 4 aliphatic rings. The molecule has 3 fully saturated rings. The Morgan fingerprint density at radius 3 is 2.40 bits per heavy atom. The number of allylic oxidation sites excluding steroid dienone is 1. The Hall–Kier alpha value is -1.72. The molecule has 220 valence electrons. The fraction of sp³-hybridized carbons (Fsp3) is 0.697. The number of nitrogens with one attached hydrogen (secondary N) is 1. The molecule has 7 heteroatoms. The first kappa shape index (κ1) is 29.8. The summed E-state index contributed by atoms with van der Waals surface area (Å²) in [6.45, 7) is 8.05. The molecule has 0 heterocycles. The largest absolute Gasteiger partial charge is 0.462 e. The molecular weight excluding hydrogens is 543 g/mol. The van der Waals surface area contributed by atoms with Gasteiger partial charge in [-0.25, -0.2) is 0 Å². The molecule has 3 saturated carbocycles. The van der Waals surface area contributed by atoms with Crippen molar-refractivity contribution in [1.29, 1.82) is 0 Å². The van der Waals surface area contributed by atoms with Crippen LogP contribution in [0.3, 0.4) is 0 Å². The highest BCUT2D eigenvalue weighted by atomic mass is 35.5. The smallest absolute Gasteiger partial charge is 0.310 e. The number of amides is 1. The third-order valence-electron chi connectivity index (χ3n) is 11.1. The lowest BCUT2D eigenvalue weighted by Crippen LogP contribution is -2.53. The van der Waals surface area contributed by atoms with Crippen LogP contribution < -0.4 is 10.2 Å². The van der Waals surface area contributed by atoms with E-state index in [2.05, 4.69) is 30.1 Å². The number of anilines is 1. The third-order valence-corrected chi connectivity index (χ3v) is 11.4. The fourth-order valence-electron chi connectivity index (χ4n) is 9.00. The molecule has 1 aromatic carbocycles. The lowest BCUT2D eigenvalue weighted by atomic mass is 9.48. The highest BCUT2D eigenvalue weighted by Gasteiger charge is 2.58. The average Bonchev–Trinajstić information content (AvgIpc) is 3.24. The monoisotopic (exact) mass is 588 g/mol. The van der Waals surface area contributed by atoms with E-state index in [1.807, 2.05) is 24.3 Å². The van der Waals surface area contributed by atoms with Crippen LogP contribution in [0.25, 0.3) is 0 Å². The summed E-state index contributed by atoms with van der Waals surface area (Å²) in [7, 11) is 0. The van der Waals surface area contributed by atoms with Crippen LogP contribution in [0.5, 0.6) is 0 Å². The Bertz CT molecular complexity index is 1100. The summed E-state index contributed by atoms with van der Waals surface area (Å²) in [6, 6.07) is 8.40. The van der Waals surface area contributed by atoms with E-state index >= 15 is 0 Å². The average molecular weight is 590 g/mol. The number of benzene rings is 1. The van der Waals surface area contributed by atoms with Gasteiger partial charge in [0.25, 0.3) is 0 Å². The van der Waals surface area contributed by atoms with Crippen LogP contribution in [0.15, 0.2) is 35.9 Å². The minimum Gasteiger partial charge on any atom is -0.462 e. The van der Waals surface area contributed by atoms with Gasteiger partial charge >= 0.3 is 5.97 Å². The van der Waals surface area contributed by atoms with Crippen LogP contribution in [0, 0.1) is 28.6 Å². The summed E-state index contributed by atoms with van der Waals surface area (Å²) in [5.41, 5.74) is 3.96. The van der Waals surface area contributed by atoms with Gasteiger partial charge in [-0.3, -0.25) is 9.59 Å². The molecule has 3 unspecified atom stereocenters. The predicted molar refractivity (Wildman–Crippen MR) is 163 cm³/mol. The summed E-state index contributed by atoms with van der Waals surface area (Å²) in [4.78, 5) is 26.9. The predicted octanol–water partition coefficient (Wildman–Crippen LogP) is 6.89. The SMILES string of the molecule is CC(=O)N[C@H]1CCC2C3CC=C4C[C@@H](OC(=O)Cc5ccc(N(CCCl)CCCl)cc5)CC[C@]4(C)C3CC[C@@]21C. The second-order valence-corrected chi connectivity index (χ2v) is 14.0. The molecule has 1 aromatic rings. The molecule has 4 aliphatic carbocycles. The normalized spacial score (nSPS) is 34.6. The molecule has 0 aliphatic heterocycles. The zero-order valence-electron chi connectivity index (χ0n) is 24.4. The summed E-state index contributed by atoms with van der Waals surface area (Å²) in [6.07, 6.45) is 11.5. The van der Waals surface area contributed by atoms with Gasteiger partial charge in [0, 0.05) is 49.9 Å². The van der Waals surface area contributed by atoms with Crippen LogP contribution in [-0.4, -0.2) is 48.9 Å². The van der Waals surface area contributed by atoms with Crippen molar-refractivity contribution in [3.05, 3.63) is 41.5 Å². The van der Waals surface area contributed by atoms with Crippen molar-refractivity contribution in [3.63, 3.8) is 0 Å². The number of fused-ring (bicyclic) bond motifs is 5. The van der Waals surface area contributed by atoms with Crippen LogP contribution in [0.1, 0.15) is 77.7 Å². The Morgan fingerprint density at radius 1 is 1.00 bits per heavy atom. The second kappa shape index (κ2) is 12.3. The van der Waals surface area contributed by atoms with Crippen molar-refractivity contribution >= 4 is 40.8 Å². The molecule has 0 bridgehead atoms. The molecular formula is C33H46Cl2N2O3. The van der Waals surface area contributed by atoms with Crippen molar-refractivity contribution in [3.8, 4) is 0 Å². The van der Waals surface area contributed by atoms with Crippen molar-refractivity contribution in [2.75, 3.05) is 29.7 Å². The fourth-order valence-corrected chi connectivity index (χ4v) is 9.41. The lowest BCUT2D eigenvalue weighted by molar-refractivity contribution is -0.150. The van der Waals surface area contributed by atoms with Gasteiger partial charge in [0.05, 0.1) is 6.42 Å². The van der Waals surface area contributed by atoms with Gasteiger partial charge in [0.2, 0.25) is 5.91 Å². The molecule has 5 rings (SSSR count). The molecule has 0 spiro atoms. The van der Waals surface area contributed by atoms with E-state index in [0.717, 1.165) is 56.4 Å². The molecule has 0 aromatic heterocycles. The summed E-state index contributed by atoms with van der Waals surface area (Å²) in [5, 5.41) is 3.29. The Balaban J connectivity index is 1.19. The van der Waals surface area contributed by atoms with Gasteiger partial charge in [-0.1, -0.05) is 37.6 Å². The van der Waals surface area contributed by atoms with E-state index in [9.17, 15) is 9.59 Å². The van der Waals surface area contributed by atoms with Crippen molar-refractivity contribution < 1.29 is 14.3 Å². The van der Waals surface area contributed by atoms with E-state index < -0.39 is 0 Å². The van der Waals surface area contributed by atoms with Crippen LogP contribution >= 0.6 is 23.2 Å². The maximum atomic E-state index is 12.9. The number of halogens is 2. The number of hydrogen-bond acceptors (Lipinski definition) is 4. The number of nitrogens with zero attached hydrogens (tertiary/aromatic N) is 1. The summed E-state index contributed by atoms with van der Waals surface area (Å²) < 4.78 is 6.05. The summed E-state index contributed by atoms with van der Waals surface area (Å²) in [5.74, 6) is 3.11. The van der Waals surface area contributed by atoms with Gasteiger partial charge in [-0.15, -0.1) is 23.2 Å². The Morgan fingerprint density at radius 2 is 1.73 bits per heavy atom. The highest BCUT2D eigenvalue weighted by molar-refractivity contribution is 6.18. The van der Waals surface area contributed by atoms with Gasteiger partial charge < -0.3 is 15.0 Å². The van der Waals surface area contributed by atoms with Crippen LogP contribution in [0.4, 0.5) is 5.69 Å². The lowest BCUT2D eigenvalue weighted by Gasteiger charge is -2.58. The Labute approximate surface area is 250 Å². The first-order chi connectivity index (χ1) is 19.2. The molecule has 1 amide bonds. The first-order valence-corrected chi connectivity index (χ1v) is 16.4. The number of esters is 1. The Kier molecular flexibility index (Phi) is 9.12. The molecule has 1 N–H and O–H groups in total. The summed E-state index contributed by atoms with van der Waals surface area (Å²) >= 11 is 11.9. The third kappa shape index (κ3) is 5.79. The zero-order valence-corrected chi connectivity index (χ0v) is 25.9. The first-order valence-electron chi connectivity index (χ1n) is 15.3. The van der Waals surface area contributed by atoms with E-state index in [4.69, 9.17) is 27.9 Å². The topological polar surface area (TPSA) is 58.6 Å². The van der Waals surface area contributed by atoms with Gasteiger partial charge in [-0.2, -0.15) is 0 Å². The van der Waals surface area contributed by atoms with E-state index in [0.29, 0.717) is 42.0 Å². The highest BCUT2D eigenvalue weighted by Crippen LogP contribution is 2.64. The quantitative estimate of drug-likeness (QED) is 0.194. The van der Waals surface area contributed by atoms with E-state index in [-0.39, 0.29) is 28.8 Å². The standard InChI is InChI=1S/C33H46Cl2N2O3/c1-22(38)36-30-11-10-28-27-9-6-24-21-26(12-14-32(24,2)29(27)13-15-33(28,30)3)40-31(39)20-23-4-7-25(8-5-23)37(18-16-34)19-17-35/h4-8,26-30H,9-21H2,1-3H3,(H,36,38)/t26-,27?,28?,29?,30-,32-,33-/m0/s1. The number of rotatable bonds is 9. The van der Waals surface area contributed by atoms with E-state index in [1.165, 1.54) is 24.8 Å². The van der Waals surface area contributed by atoms with Crippen molar-refractivity contribution in [1.82, 2.24) is 5.32 Å². The van der Waals surface area contributed by atoms with Crippen LogP contribution in [-0.2, 0) is 20.7 Å². The molecule has 0 radical (unpaired) electrons. The number of alkyl halides is 2. The number of ether oxygens (including phenoxy) is 1. The second-order valence-electron chi connectivity index (χ2n) is 13.2. The van der Waals surface area contributed by atoms with Crippen molar-refractivity contribution in [2.45, 2.75) is 90.7 Å². The van der Waals surface area contributed by atoms with E-state index in [1.54, 1.807) is 6.92 Å². The maximum Gasteiger partial charge on any atom is 0.310 e. The molecule has 0 saturated heterocycles. The van der Waals surface area contributed by atoms with Crippen LogP contribution in [0.2, 0.25) is 0 Å². The number of carbonyl (C=O) groups is 2. The minimum atomic E-state index is -0.141. The van der Waals surface area contributed by atoms with Crippen molar-refractivity contribution in [2.24, 2.45) is 28.6 Å². The molecule has 5 nitrogen and oxygen atoms in total. The maximum absolute atomic E-state index is 12.9. The minimum absolute atomic E-state index is 0.0323. The molecule has 40 heavy (non-hydrogen) atoms. The van der Waals surface area contributed by atoms with Gasteiger partial charge in [0.15, 0.2) is 0 Å². The number of hydrogen-bond donors (Lipinski definition) is 1.